The smallest absolute Gasteiger partial charge is 0.271 e. The van der Waals surface area contributed by atoms with Gasteiger partial charge in [-0.1, -0.05) is 12.1 Å². The van der Waals surface area contributed by atoms with Crippen molar-refractivity contribution in [3.63, 3.8) is 0 Å². The zero-order valence-electron chi connectivity index (χ0n) is 13.7. The number of rotatable bonds is 6. The lowest BCUT2D eigenvalue weighted by Gasteiger charge is -2.05. The minimum absolute atomic E-state index is 0.0402. The summed E-state index contributed by atoms with van der Waals surface area (Å²) in [5.41, 5.74) is 2.73. The van der Waals surface area contributed by atoms with Crippen molar-refractivity contribution in [1.29, 1.82) is 0 Å². The van der Waals surface area contributed by atoms with Gasteiger partial charge in [0.05, 0.1) is 26.5 Å². The van der Waals surface area contributed by atoms with E-state index in [9.17, 15) is 30.3 Å². The van der Waals surface area contributed by atoms with Crippen LogP contribution in [0.1, 0.15) is 18.1 Å². The van der Waals surface area contributed by atoms with Crippen LogP contribution >= 0.6 is 0 Å². The van der Waals surface area contributed by atoms with Crippen molar-refractivity contribution < 1.29 is 14.8 Å². The Morgan fingerprint density at radius 3 is 2.15 bits per heavy atom. The largest absolute Gasteiger partial charge is 0.301 e. The summed E-state index contributed by atoms with van der Waals surface area (Å²) >= 11 is 0. The predicted octanol–water partition coefficient (Wildman–Crippen LogP) is 3.56. The van der Waals surface area contributed by atoms with Crippen LogP contribution in [0.15, 0.2) is 41.5 Å². The van der Waals surface area contributed by atoms with Gasteiger partial charge in [0.25, 0.3) is 11.4 Å². The van der Waals surface area contributed by atoms with Gasteiger partial charge in [0, 0.05) is 23.3 Å². The number of non-ortho nitro benzene ring substituents is 1. The van der Waals surface area contributed by atoms with Crippen molar-refractivity contribution in [2.24, 2.45) is 5.10 Å². The molecule has 0 amide bonds. The lowest BCUT2D eigenvalue weighted by molar-refractivity contribution is -0.393. The van der Waals surface area contributed by atoms with Gasteiger partial charge in [0.15, 0.2) is 0 Å². The van der Waals surface area contributed by atoms with Gasteiger partial charge >= 0.3 is 5.69 Å². The number of hydrazone groups is 1. The molecule has 0 fully saturated rings. The molecule has 0 aromatic heterocycles. The second-order valence-electron chi connectivity index (χ2n) is 5.28. The molecule has 2 rings (SSSR count). The molecule has 0 saturated carbocycles. The van der Waals surface area contributed by atoms with E-state index in [4.69, 9.17) is 0 Å². The minimum Gasteiger partial charge on any atom is -0.271 e. The van der Waals surface area contributed by atoms with E-state index in [1.54, 1.807) is 26.0 Å². The molecule has 26 heavy (non-hydrogen) atoms. The zero-order valence-corrected chi connectivity index (χ0v) is 13.7. The molecule has 0 heterocycles. The quantitative estimate of drug-likeness (QED) is 0.470. The maximum Gasteiger partial charge on any atom is 0.301 e. The Balaban J connectivity index is 2.34. The third kappa shape index (κ3) is 3.95. The normalized spacial score (nSPS) is 11.1. The summed E-state index contributed by atoms with van der Waals surface area (Å²) in [5, 5.41) is 36.8. The molecule has 0 aliphatic heterocycles. The Bertz CT molecular complexity index is 940. The SMILES string of the molecule is C/C(=N\Nc1ccc([N+](=O)[O-])cc1[N+](=O)[O-])c1ccc(C)c([N+](=O)[O-])c1. The third-order valence-electron chi connectivity index (χ3n) is 3.56. The first-order chi connectivity index (χ1) is 12.2. The van der Waals surface area contributed by atoms with Gasteiger partial charge in [-0.2, -0.15) is 5.10 Å². The summed E-state index contributed by atoms with van der Waals surface area (Å²) in [7, 11) is 0. The molecule has 0 bridgehead atoms. The molecule has 0 unspecified atom stereocenters. The van der Waals surface area contributed by atoms with Crippen LogP contribution in [0.3, 0.4) is 0 Å². The second-order valence-corrected chi connectivity index (χ2v) is 5.28. The Kier molecular flexibility index (Phi) is 5.21. The predicted molar refractivity (Wildman–Crippen MR) is 93.4 cm³/mol. The van der Waals surface area contributed by atoms with E-state index < -0.39 is 26.1 Å². The van der Waals surface area contributed by atoms with Gasteiger partial charge in [-0.05, 0) is 19.9 Å². The Hall–Kier alpha value is -3.89. The van der Waals surface area contributed by atoms with Crippen LogP contribution in [0.5, 0.6) is 0 Å². The molecule has 0 aliphatic rings. The first-order valence-electron chi connectivity index (χ1n) is 7.19. The summed E-state index contributed by atoms with van der Waals surface area (Å²) in [6, 6.07) is 7.65. The number of nitrogens with zero attached hydrogens (tertiary/aromatic N) is 4. The van der Waals surface area contributed by atoms with Crippen LogP contribution in [0.25, 0.3) is 0 Å². The van der Waals surface area contributed by atoms with Crippen LogP contribution in [0.2, 0.25) is 0 Å². The number of hydrogen-bond donors (Lipinski definition) is 1. The monoisotopic (exact) mass is 359 g/mol. The van der Waals surface area contributed by atoms with Crippen LogP contribution in [-0.2, 0) is 0 Å². The molecule has 0 saturated heterocycles. The molecular weight excluding hydrogens is 346 g/mol. The van der Waals surface area contributed by atoms with Gasteiger partial charge in [0.2, 0.25) is 0 Å². The highest BCUT2D eigenvalue weighted by atomic mass is 16.6. The summed E-state index contributed by atoms with van der Waals surface area (Å²) in [6.07, 6.45) is 0. The summed E-state index contributed by atoms with van der Waals surface area (Å²) < 4.78 is 0. The molecule has 2 aromatic rings. The fourth-order valence-electron chi connectivity index (χ4n) is 2.12. The highest BCUT2D eigenvalue weighted by molar-refractivity contribution is 5.99. The average Bonchev–Trinajstić information content (AvgIpc) is 2.59. The number of benzene rings is 2. The maximum atomic E-state index is 11.1. The number of aryl methyl sites for hydroxylation is 1. The second kappa shape index (κ2) is 7.34. The van der Waals surface area contributed by atoms with Crippen molar-refractivity contribution in [2.45, 2.75) is 13.8 Å². The zero-order chi connectivity index (χ0) is 19.4. The van der Waals surface area contributed by atoms with Crippen molar-refractivity contribution in [2.75, 3.05) is 5.43 Å². The molecule has 0 aliphatic carbocycles. The fraction of sp³-hybridized carbons (Fsp3) is 0.133. The molecule has 0 atom stereocenters. The van der Waals surface area contributed by atoms with Gasteiger partial charge in [0.1, 0.15) is 5.69 Å². The van der Waals surface area contributed by atoms with Gasteiger partial charge in [-0.3, -0.25) is 35.8 Å². The van der Waals surface area contributed by atoms with E-state index in [1.165, 1.54) is 12.1 Å². The van der Waals surface area contributed by atoms with Gasteiger partial charge in [-0.15, -0.1) is 0 Å². The van der Waals surface area contributed by atoms with Crippen LogP contribution in [0.4, 0.5) is 22.7 Å². The summed E-state index contributed by atoms with van der Waals surface area (Å²) in [6.45, 7) is 3.17. The maximum absolute atomic E-state index is 11.1. The van der Waals surface area contributed by atoms with Crippen molar-refractivity contribution in [3.05, 3.63) is 77.9 Å². The molecule has 2 aromatic carbocycles. The van der Waals surface area contributed by atoms with Crippen LogP contribution in [0, 0.1) is 37.3 Å². The third-order valence-corrected chi connectivity index (χ3v) is 3.56. The van der Waals surface area contributed by atoms with E-state index in [0.717, 1.165) is 12.1 Å². The van der Waals surface area contributed by atoms with E-state index in [-0.39, 0.29) is 11.4 Å². The molecule has 11 heteroatoms. The molecular formula is C15H13N5O6. The molecule has 1 N–H and O–H groups in total. The fourth-order valence-corrected chi connectivity index (χ4v) is 2.12. The van der Waals surface area contributed by atoms with E-state index in [2.05, 4.69) is 10.5 Å². The number of nitrogens with one attached hydrogen (secondary N) is 1. The first kappa shape index (κ1) is 18.4. The van der Waals surface area contributed by atoms with E-state index >= 15 is 0 Å². The molecule has 0 radical (unpaired) electrons. The van der Waals surface area contributed by atoms with Gasteiger partial charge < -0.3 is 0 Å². The summed E-state index contributed by atoms with van der Waals surface area (Å²) in [4.78, 5) is 30.8. The molecule has 0 spiro atoms. The van der Waals surface area contributed by atoms with Crippen molar-refractivity contribution in [3.8, 4) is 0 Å². The Labute approximate surface area is 146 Å². The highest BCUT2D eigenvalue weighted by Crippen LogP contribution is 2.29. The number of hydrogen-bond acceptors (Lipinski definition) is 8. The number of nitro groups is 3. The Morgan fingerprint density at radius 2 is 1.58 bits per heavy atom. The van der Waals surface area contributed by atoms with Crippen molar-refractivity contribution >= 4 is 28.5 Å². The summed E-state index contributed by atoms with van der Waals surface area (Å²) in [5.74, 6) is 0. The van der Waals surface area contributed by atoms with E-state index in [0.29, 0.717) is 16.8 Å². The van der Waals surface area contributed by atoms with Crippen LogP contribution < -0.4 is 5.43 Å². The first-order valence-corrected chi connectivity index (χ1v) is 7.19. The standard InChI is InChI=1S/C15H13N5O6/c1-9-3-4-11(7-14(9)19(23)24)10(2)16-17-13-6-5-12(18(21)22)8-15(13)20(25)26/h3-8,17H,1-2H3/b16-10+. The topological polar surface area (TPSA) is 154 Å². The lowest BCUT2D eigenvalue weighted by Crippen LogP contribution is -2.03. The van der Waals surface area contributed by atoms with Crippen LogP contribution in [-0.4, -0.2) is 20.5 Å². The molecule has 11 nitrogen and oxygen atoms in total. The number of anilines is 1. The molecule has 134 valence electrons. The minimum atomic E-state index is -0.767. The van der Waals surface area contributed by atoms with Gasteiger partial charge in [-0.25, -0.2) is 0 Å². The number of nitro benzene ring substituents is 3. The lowest BCUT2D eigenvalue weighted by atomic mass is 10.1. The van der Waals surface area contributed by atoms with E-state index in [1.807, 2.05) is 0 Å². The highest BCUT2D eigenvalue weighted by Gasteiger charge is 2.19. The Morgan fingerprint density at radius 1 is 0.923 bits per heavy atom. The average molecular weight is 359 g/mol. The van der Waals surface area contributed by atoms with Crippen molar-refractivity contribution in [1.82, 2.24) is 0 Å².